The minimum atomic E-state index is -0.257. The Morgan fingerprint density at radius 2 is 2.67 bits per heavy atom. The Labute approximate surface area is 53.1 Å². The maximum absolute atomic E-state index is 10.6. The zero-order chi connectivity index (χ0) is 6.69. The molecule has 0 aliphatic carbocycles. The lowest BCUT2D eigenvalue weighted by atomic mass is 10.3. The van der Waals surface area contributed by atoms with E-state index in [9.17, 15) is 4.79 Å². The lowest BCUT2D eigenvalue weighted by molar-refractivity contribution is -0.142. The highest BCUT2D eigenvalue weighted by Crippen LogP contribution is 1.95. The van der Waals surface area contributed by atoms with Gasteiger partial charge in [0.15, 0.2) is 0 Å². The molecule has 52 valence electrons. The van der Waals surface area contributed by atoms with Gasteiger partial charge in [-0.2, -0.15) is 0 Å². The fraction of sp³-hybridized carbons (Fsp3) is 0.800. The summed E-state index contributed by atoms with van der Waals surface area (Å²) in [6, 6.07) is -0.255. The molecule has 0 radical (unpaired) electrons. The number of esters is 1. The van der Waals surface area contributed by atoms with Crippen molar-refractivity contribution in [1.82, 2.24) is 5.32 Å². The van der Waals surface area contributed by atoms with Gasteiger partial charge < -0.3 is 9.47 Å². The molecule has 4 nitrogen and oxygen atoms in total. The summed E-state index contributed by atoms with van der Waals surface area (Å²) < 4.78 is 9.32. The number of hydrogen-bond acceptors (Lipinski definition) is 4. The van der Waals surface area contributed by atoms with Crippen molar-refractivity contribution in [3.63, 3.8) is 0 Å². The van der Waals surface area contributed by atoms with E-state index in [1.807, 2.05) is 0 Å². The number of carbonyl (C=O) groups is 1. The fourth-order valence-corrected chi connectivity index (χ4v) is 0.689. The summed E-state index contributed by atoms with van der Waals surface area (Å²) in [4.78, 5) is 10.6. The topological polar surface area (TPSA) is 47.6 Å². The number of rotatable bonds is 1. The normalized spacial score (nSPS) is 26.1. The Morgan fingerprint density at radius 1 is 1.89 bits per heavy atom. The van der Waals surface area contributed by atoms with Crippen LogP contribution in [0.1, 0.15) is 0 Å². The zero-order valence-electron chi connectivity index (χ0n) is 5.22. The highest BCUT2D eigenvalue weighted by molar-refractivity contribution is 5.75. The van der Waals surface area contributed by atoms with Crippen molar-refractivity contribution in [2.24, 2.45) is 0 Å². The summed E-state index contributed by atoms with van der Waals surface area (Å²) in [5, 5.41) is 2.81. The van der Waals surface area contributed by atoms with Crippen LogP contribution in [0.5, 0.6) is 0 Å². The van der Waals surface area contributed by atoms with Crippen molar-refractivity contribution in [3.8, 4) is 0 Å². The third-order valence-corrected chi connectivity index (χ3v) is 1.20. The van der Waals surface area contributed by atoms with Crippen molar-refractivity contribution < 1.29 is 14.3 Å². The second-order valence-corrected chi connectivity index (χ2v) is 1.79. The average Bonchev–Trinajstić information content (AvgIpc) is 2.37. The third kappa shape index (κ3) is 1.40. The fourth-order valence-electron chi connectivity index (χ4n) is 0.689. The summed E-state index contributed by atoms with van der Waals surface area (Å²) in [7, 11) is 1.36. The Bertz CT molecular complexity index is 109. The maximum Gasteiger partial charge on any atom is 0.325 e. The molecule has 0 spiro atoms. The molecule has 1 saturated heterocycles. The van der Waals surface area contributed by atoms with Crippen LogP contribution in [0.4, 0.5) is 0 Å². The predicted molar refractivity (Wildman–Crippen MR) is 29.8 cm³/mol. The SMILES string of the molecule is COC(=O)[C@@H]1COCN1. The molecule has 1 aliphatic rings. The van der Waals surface area contributed by atoms with E-state index in [0.717, 1.165) is 0 Å². The van der Waals surface area contributed by atoms with Crippen LogP contribution in [-0.4, -0.2) is 32.5 Å². The number of methoxy groups -OCH3 is 1. The van der Waals surface area contributed by atoms with E-state index in [-0.39, 0.29) is 12.0 Å². The average molecular weight is 131 g/mol. The minimum absolute atomic E-state index is 0.255. The second kappa shape index (κ2) is 2.80. The van der Waals surface area contributed by atoms with Crippen LogP contribution in [0.15, 0.2) is 0 Å². The molecule has 9 heavy (non-hydrogen) atoms. The van der Waals surface area contributed by atoms with E-state index in [0.29, 0.717) is 13.3 Å². The molecule has 0 bridgehead atoms. The molecular formula is C5H9NO3. The molecule has 0 amide bonds. The number of carbonyl (C=O) groups excluding carboxylic acids is 1. The second-order valence-electron chi connectivity index (χ2n) is 1.79. The minimum Gasteiger partial charge on any atom is -0.468 e. The number of ether oxygens (including phenoxy) is 2. The Kier molecular flexibility index (Phi) is 2.02. The molecule has 0 aromatic rings. The monoisotopic (exact) mass is 131 g/mol. The quantitative estimate of drug-likeness (QED) is 0.469. The van der Waals surface area contributed by atoms with Crippen LogP contribution in [0.2, 0.25) is 0 Å². The van der Waals surface area contributed by atoms with Gasteiger partial charge in [-0.15, -0.1) is 0 Å². The largest absolute Gasteiger partial charge is 0.468 e. The van der Waals surface area contributed by atoms with Crippen LogP contribution in [-0.2, 0) is 14.3 Å². The summed E-state index contributed by atoms with van der Waals surface area (Å²) >= 11 is 0. The molecule has 1 N–H and O–H groups in total. The first-order valence-electron chi connectivity index (χ1n) is 2.73. The van der Waals surface area contributed by atoms with Crippen LogP contribution in [0, 0.1) is 0 Å². The van der Waals surface area contributed by atoms with Gasteiger partial charge in [0.05, 0.1) is 20.4 Å². The van der Waals surface area contributed by atoms with Gasteiger partial charge >= 0.3 is 5.97 Å². The van der Waals surface area contributed by atoms with Gasteiger partial charge in [-0.25, -0.2) is 0 Å². The number of nitrogens with one attached hydrogen (secondary N) is 1. The first kappa shape index (κ1) is 6.51. The van der Waals surface area contributed by atoms with E-state index in [1.165, 1.54) is 7.11 Å². The van der Waals surface area contributed by atoms with Crippen LogP contribution in [0.3, 0.4) is 0 Å². The van der Waals surface area contributed by atoms with E-state index in [4.69, 9.17) is 4.74 Å². The van der Waals surface area contributed by atoms with Crippen molar-refractivity contribution in [1.29, 1.82) is 0 Å². The summed E-state index contributed by atoms with van der Waals surface area (Å²) in [6.45, 7) is 0.867. The third-order valence-electron chi connectivity index (χ3n) is 1.20. The lowest BCUT2D eigenvalue weighted by Gasteiger charge is -2.02. The molecule has 0 unspecified atom stereocenters. The van der Waals surface area contributed by atoms with Crippen LogP contribution >= 0.6 is 0 Å². The van der Waals surface area contributed by atoms with Crippen molar-refractivity contribution in [3.05, 3.63) is 0 Å². The molecular weight excluding hydrogens is 122 g/mol. The van der Waals surface area contributed by atoms with Crippen molar-refractivity contribution >= 4 is 5.97 Å². The molecule has 1 fully saturated rings. The highest BCUT2D eigenvalue weighted by atomic mass is 16.5. The molecule has 1 aliphatic heterocycles. The smallest absolute Gasteiger partial charge is 0.325 e. The van der Waals surface area contributed by atoms with Gasteiger partial charge in [0.2, 0.25) is 0 Å². The van der Waals surface area contributed by atoms with Crippen LogP contribution in [0.25, 0.3) is 0 Å². The summed E-state index contributed by atoms with van der Waals surface area (Å²) in [5.74, 6) is -0.257. The van der Waals surface area contributed by atoms with Gasteiger partial charge in [-0.1, -0.05) is 0 Å². The van der Waals surface area contributed by atoms with Gasteiger partial charge in [-0.05, 0) is 0 Å². The predicted octanol–water partition coefficient (Wildman–Crippen LogP) is -0.895. The molecule has 0 aromatic heterocycles. The van der Waals surface area contributed by atoms with Gasteiger partial charge in [0.1, 0.15) is 6.04 Å². The van der Waals surface area contributed by atoms with Crippen molar-refractivity contribution in [2.75, 3.05) is 20.4 Å². The van der Waals surface area contributed by atoms with Gasteiger partial charge in [0.25, 0.3) is 0 Å². The standard InChI is InChI=1S/C5H9NO3/c1-8-5(7)4-2-9-3-6-4/h4,6H,2-3H2,1H3/t4-/m0/s1. The van der Waals surface area contributed by atoms with E-state index < -0.39 is 0 Å². The Balaban J connectivity index is 2.32. The molecule has 0 saturated carbocycles. The van der Waals surface area contributed by atoms with Crippen molar-refractivity contribution in [2.45, 2.75) is 6.04 Å². The van der Waals surface area contributed by atoms with Gasteiger partial charge in [0, 0.05) is 0 Å². The Morgan fingerprint density at radius 3 is 3.11 bits per heavy atom. The van der Waals surface area contributed by atoms with E-state index in [1.54, 1.807) is 0 Å². The first-order chi connectivity index (χ1) is 4.34. The zero-order valence-corrected chi connectivity index (χ0v) is 5.22. The summed E-state index contributed by atoms with van der Waals surface area (Å²) in [5.41, 5.74) is 0. The summed E-state index contributed by atoms with van der Waals surface area (Å²) in [6.07, 6.45) is 0. The lowest BCUT2D eigenvalue weighted by Crippen LogP contribution is -2.33. The van der Waals surface area contributed by atoms with Crippen LogP contribution < -0.4 is 5.32 Å². The molecule has 1 rings (SSSR count). The van der Waals surface area contributed by atoms with Gasteiger partial charge in [-0.3, -0.25) is 10.1 Å². The molecule has 4 heteroatoms. The van der Waals surface area contributed by atoms with E-state index in [2.05, 4.69) is 10.1 Å². The maximum atomic E-state index is 10.6. The number of hydrogen-bond donors (Lipinski definition) is 1. The molecule has 0 aromatic carbocycles. The molecule has 1 heterocycles. The Hall–Kier alpha value is -0.610. The van der Waals surface area contributed by atoms with E-state index >= 15 is 0 Å². The highest BCUT2D eigenvalue weighted by Gasteiger charge is 2.22. The first-order valence-corrected chi connectivity index (χ1v) is 2.73. The molecule has 1 atom stereocenters.